The Labute approximate surface area is 228 Å². The highest BCUT2D eigenvalue weighted by atomic mass is 16.5. The molecule has 1 aliphatic carbocycles. The lowest BCUT2D eigenvalue weighted by Crippen LogP contribution is -2.57. The van der Waals surface area contributed by atoms with Crippen LogP contribution < -0.4 is 14.8 Å². The first-order valence-corrected chi connectivity index (χ1v) is 13.3. The molecule has 11 nitrogen and oxygen atoms in total. The third-order valence-electron chi connectivity index (χ3n) is 7.31. The van der Waals surface area contributed by atoms with E-state index < -0.39 is 30.1 Å². The van der Waals surface area contributed by atoms with E-state index in [2.05, 4.69) is 10.2 Å². The molecule has 4 N–H and O–H groups in total. The minimum atomic E-state index is -1.15. The molecule has 4 atom stereocenters. The van der Waals surface area contributed by atoms with Crippen LogP contribution in [0.1, 0.15) is 30.9 Å². The molecule has 0 saturated carbocycles. The molecule has 0 spiro atoms. The molecule has 0 bridgehead atoms. The Hall–Kier alpha value is -2.96. The summed E-state index contributed by atoms with van der Waals surface area (Å²) in [4.78, 5) is 30.6. The third-order valence-corrected chi connectivity index (χ3v) is 7.31. The second kappa shape index (κ2) is 12.9. The Balaban J connectivity index is 1.75. The van der Waals surface area contributed by atoms with Crippen LogP contribution >= 0.6 is 0 Å². The number of carbonyl (C=O) groups is 2. The van der Waals surface area contributed by atoms with E-state index in [1.165, 1.54) is 13.2 Å². The Morgan fingerprint density at radius 2 is 1.97 bits per heavy atom. The Morgan fingerprint density at radius 1 is 1.23 bits per heavy atom. The summed E-state index contributed by atoms with van der Waals surface area (Å²) < 4.78 is 17.2. The van der Waals surface area contributed by atoms with Gasteiger partial charge in [0, 0.05) is 49.9 Å². The first-order chi connectivity index (χ1) is 18.8. The number of amides is 2. The minimum Gasteiger partial charge on any atom is -0.493 e. The molecule has 0 aromatic heterocycles. The van der Waals surface area contributed by atoms with Crippen molar-refractivity contribution in [3.8, 4) is 11.5 Å². The molecule has 1 saturated heterocycles. The summed E-state index contributed by atoms with van der Waals surface area (Å²) in [5.41, 5.74) is 2.32. The quantitative estimate of drug-likeness (QED) is 0.298. The molecule has 4 unspecified atom stereocenters. The van der Waals surface area contributed by atoms with Gasteiger partial charge in [0.1, 0.15) is 12.2 Å². The third kappa shape index (κ3) is 6.28. The largest absolute Gasteiger partial charge is 0.493 e. The van der Waals surface area contributed by atoms with Crippen molar-refractivity contribution in [3.63, 3.8) is 0 Å². The smallest absolute Gasteiger partial charge is 0.247 e. The highest BCUT2D eigenvalue weighted by Gasteiger charge is 2.51. The number of allylic oxidation sites excluding steroid dienone is 1. The molecule has 1 aromatic carbocycles. The molecule has 1 fully saturated rings. The van der Waals surface area contributed by atoms with Gasteiger partial charge in [0.15, 0.2) is 11.5 Å². The average molecular weight is 546 g/mol. The first-order valence-electron chi connectivity index (χ1n) is 13.3. The first kappa shape index (κ1) is 29.0. The minimum absolute atomic E-state index is 0.0476. The number of hydrogen-bond acceptors (Lipinski definition) is 9. The molecule has 0 radical (unpaired) electrons. The van der Waals surface area contributed by atoms with E-state index in [0.29, 0.717) is 54.5 Å². The van der Waals surface area contributed by atoms with Crippen LogP contribution in [0.4, 0.5) is 0 Å². The maximum absolute atomic E-state index is 13.5. The topological polar surface area (TPSA) is 141 Å². The van der Waals surface area contributed by atoms with E-state index >= 15 is 0 Å². The molecule has 11 heteroatoms. The van der Waals surface area contributed by atoms with Gasteiger partial charge in [-0.3, -0.25) is 14.5 Å². The van der Waals surface area contributed by atoms with Gasteiger partial charge in [0.2, 0.25) is 11.8 Å². The van der Waals surface area contributed by atoms with Crippen LogP contribution in [0.5, 0.6) is 11.5 Å². The van der Waals surface area contributed by atoms with Crippen molar-refractivity contribution in [1.82, 2.24) is 15.1 Å². The molecule has 39 heavy (non-hydrogen) atoms. The van der Waals surface area contributed by atoms with Crippen molar-refractivity contribution in [1.29, 1.82) is 0 Å². The van der Waals surface area contributed by atoms with Crippen molar-refractivity contribution >= 4 is 11.8 Å². The second-order valence-electron chi connectivity index (χ2n) is 10.2. The van der Waals surface area contributed by atoms with Crippen LogP contribution in [-0.4, -0.2) is 115 Å². The van der Waals surface area contributed by atoms with Crippen LogP contribution in [0.15, 0.2) is 35.4 Å². The van der Waals surface area contributed by atoms with Gasteiger partial charge in [0.25, 0.3) is 0 Å². The predicted octanol–water partition coefficient (Wildman–Crippen LogP) is -0.0629. The zero-order valence-electron chi connectivity index (χ0n) is 22.8. The SMILES string of the molecule is COc1cc(CO)cc2c1OC1C2C(C(=O)NCCO)=CC(N(CCN2CCOCC2)C(=O)C=C(C)C)C1O. The fraction of sp³-hybridized carbons (Fsp3) is 0.571. The van der Waals surface area contributed by atoms with Crippen molar-refractivity contribution < 1.29 is 39.1 Å². The number of aliphatic hydroxyl groups excluding tert-OH is 3. The monoisotopic (exact) mass is 545 g/mol. The van der Waals surface area contributed by atoms with Gasteiger partial charge >= 0.3 is 0 Å². The average Bonchev–Trinajstić information content (AvgIpc) is 3.32. The molecule has 3 aliphatic rings. The molecule has 4 rings (SSSR count). The molecule has 214 valence electrons. The summed E-state index contributed by atoms with van der Waals surface area (Å²) in [5.74, 6) is -0.586. The summed E-state index contributed by atoms with van der Waals surface area (Å²) in [6, 6.07) is 2.55. The van der Waals surface area contributed by atoms with Crippen LogP contribution in [0, 0.1) is 0 Å². The van der Waals surface area contributed by atoms with Gasteiger partial charge < -0.3 is 39.7 Å². The van der Waals surface area contributed by atoms with Gasteiger partial charge in [-0.2, -0.15) is 0 Å². The normalized spacial score (nSPS) is 24.1. The summed E-state index contributed by atoms with van der Waals surface area (Å²) >= 11 is 0. The molecule has 1 aromatic rings. The molecule has 2 heterocycles. The number of nitrogens with one attached hydrogen (secondary N) is 1. The number of carbonyl (C=O) groups excluding carboxylic acids is 2. The van der Waals surface area contributed by atoms with Gasteiger partial charge in [-0.25, -0.2) is 0 Å². The number of fused-ring (bicyclic) bond motifs is 3. The standard InChI is InChI=1S/C28H39N3O8/c1-17(2)12-23(34)31(6-5-30-7-10-38-11-8-30)21-15-20(28(36)29-4-9-32)24-19-13-18(16-33)14-22(37-3)26(19)39-27(24)25(21)35/h12-15,21,24-25,27,32-33,35H,4-11,16H2,1-3H3,(H,29,36). The number of benzene rings is 1. The van der Waals surface area contributed by atoms with Crippen molar-refractivity contribution in [3.05, 3.63) is 46.6 Å². The molecular weight excluding hydrogens is 506 g/mol. The predicted molar refractivity (Wildman–Crippen MR) is 142 cm³/mol. The zero-order valence-corrected chi connectivity index (χ0v) is 22.8. The summed E-state index contributed by atoms with van der Waals surface area (Å²) in [6.45, 7) is 6.88. The lowest BCUT2D eigenvalue weighted by atomic mass is 9.77. The van der Waals surface area contributed by atoms with Crippen LogP contribution in [0.3, 0.4) is 0 Å². The van der Waals surface area contributed by atoms with E-state index in [0.717, 1.165) is 18.7 Å². The Kier molecular flexibility index (Phi) is 9.62. The number of nitrogens with zero attached hydrogens (tertiary/aromatic N) is 2. The highest BCUT2D eigenvalue weighted by Crippen LogP contribution is 2.51. The molecular formula is C28H39N3O8. The fourth-order valence-electron chi connectivity index (χ4n) is 5.43. The maximum Gasteiger partial charge on any atom is 0.247 e. The van der Waals surface area contributed by atoms with Gasteiger partial charge in [0.05, 0.1) is 45.5 Å². The molecule has 2 aliphatic heterocycles. The van der Waals surface area contributed by atoms with E-state index in [4.69, 9.17) is 14.2 Å². The van der Waals surface area contributed by atoms with E-state index in [9.17, 15) is 24.9 Å². The van der Waals surface area contributed by atoms with Crippen molar-refractivity contribution in [2.24, 2.45) is 0 Å². The number of rotatable bonds is 10. The van der Waals surface area contributed by atoms with Crippen LogP contribution in [0.25, 0.3) is 0 Å². The summed E-state index contributed by atoms with van der Waals surface area (Å²) in [5, 5.41) is 33.5. The number of hydrogen-bond donors (Lipinski definition) is 4. The van der Waals surface area contributed by atoms with Crippen molar-refractivity contribution in [2.45, 2.75) is 44.6 Å². The van der Waals surface area contributed by atoms with Gasteiger partial charge in [-0.1, -0.05) is 5.57 Å². The fourth-order valence-corrected chi connectivity index (χ4v) is 5.43. The van der Waals surface area contributed by atoms with E-state index in [1.807, 2.05) is 13.8 Å². The van der Waals surface area contributed by atoms with E-state index in [1.54, 1.807) is 23.1 Å². The number of aliphatic hydroxyl groups is 3. The summed E-state index contributed by atoms with van der Waals surface area (Å²) in [6.07, 6.45) is 1.14. The van der Waals surface area contributed by atoms with Gasteiger partial charge in [-0.05, 0) is 37.6 Å². The molecule has 2 amide bonds. The number of ether oxygens (including phenoxy) is 3. The van der Waals surface area contributed by atoms with Crippen LogP contribution in [0.2, 0.25) is 0 Å². The lowest BCUT2D eigenvalue weighted by molar-refractivity contribution is -0.132. The Bertz CT molecular complexity index is 1110. The van der Waals surface area contributed by atoms with Crippen LogP contribution in [-0.2, 0) is 20.9 Å². The summed E-state index contributed by atoms with van der Waals surface area (Å²) in [7, 11) is 1.48. The lowest BCUT2D eigenvalue weighted by Gasteiger charge is -2.41. The van der Waals surface area contributed by atoms with Crippen molar-refractivity contribution in [2.75, 3.05) is 59.7 Å². The maximum atomic E-state index is 13.5. The van der Waals surface area contributed by atoms with Gasteiger partial charge in [-0.15, -0.1) is 0 Å². The number of morpholine rings is 1. The van der Waals surface area contributed by atoms with E-state index in [-0.39, 0.29) is 25.7 Å². The zero-order chi connectivity index (χ0) is 28.1. The second-order valence-corrected chi connectivity index (χ2v) is 10.2. The highest BCUT2D eigenvalue weighted by molar-refractivity contribution is 5.96. The Morgan fingerprint density at radius 3 is 2.62 bits per heavy atom. The number of methoxy groups -OCH3 is 1.